The molecule has 0 aliphatic rings. The Morgan fingerprint density at radius 1 is 1.06 bits per heavy atom. The molecule has 2 aromatic carbocycles. The van der Waals surface area contributed by atoms with Gasteiger partial charge in [-0.05, 0) is 36.8 Å². The van der Waals surface area contributed by atoms with Crippen molar-refractivity contribution in [1.82, 2.24) is 5.32 Å². The number of esters is 1. The summed E-state index contributed by atoms with van der Waals surface area (Å²) in [4.78, 5) is 36.1. The number of aromatic hydroxyl groups is 1. The number of nitrogens with one attached hydrogen (secondary N) is 1. The average Bonchev–Trinajstić information content (AvgIpc) is 2.78. The number of imide groups is 1. The Balaban J connectivity index is 2.15. The molecule has 0 fully saturated rings. The second-order valence-corrected chi connectivity index (χ2v) is 6.71. The van der Waals surface area contributed by atoms with Gasteiger partial charge in [-0.1, -0.05) is 30.3 Å². The number of phenols is 1. The smallest absolute Gasteiger partial charge is 0.414 e. The lowest BCUT2D eigenvalue weighted by molar-refractivity contribution is -0.142. The van der Waals surface area contributed by atoms with E-state index in [0.717, 1.165) is 0 Å². The molecular formula is C22H25NO7S. The van der Waals surface area contributed by atoms with Gasteiger partial charge in [-0.3, -0.25) is 14.9 Å². The number of amides is 2. The van der Waals surface area contributed by atoms with Gasteiger partial charge < -0.3 is 19.3 Å². The fourth-order valence-corrected chi connectivity index (χ4v) is 2.88. The molecule has 0 aliphatic carbocycles. The zero-order valence-electron chi connectivity index (χ0n) is 17.0. The lowest BCUT2D eigenvalue weighted by Gasteiger charge is -2.27. The van der Waals surface area contributed by atoms with Crippen molar-refractivity contribution in [1.29, 1.82) is 0 Å². The van der Waals surface area contributed by atoms with Gasteiger partial charge in [-0.2, -0.15) is 12.6 Å². The van der Waals surface area contributed by atoms with Crippen molar-refractivity contribution in [3.63, 3.8) is 0 Å². The first-order chi connectivity index (χ1) is 14.9. The number of benzene rings is 2. The molecule has 0 radical (unpaired) electrons. The summed E-state index contributed by atoms with van der Waals surface area (Å²) in [7, 11) is 0. The van der Waals surface area contributed by atoms with Gasteiger partial charge >= 0.3 is 12.1 Å². The standard InChI is InChI=1S/C22H25NO7S/c1-2-28-18(12-13-29-19(25)14-31)20(15-8-10-17(24)11-9-15)30-22(27)23-21(26)16-6-4-3-5-7-16/h3-11,18,20,24,31H,2,12-14H2,1H3,(H,23,26,27)/t18-,20-/m0/s1. The highest BCUT2D eigenvalue weighted by Gasteiger charge is 2.29. The number of rotatable bonds is 10. The summed E-state index contributed by atoms with van der Waals surface area (Å²) in [6, 6.07) is 14.3. The second kappa shape index (κ2) is 12.6. The van der Waals surface area contributed by atoms with Crippen LogP contribution in [-0.4, -0.2) is 48.1 Å². The van der Waals surface area contributed by atoms with E-state index in [9.17, 15) is 19.5 Å². The van der Waals surface area contributed by atoms with Gasteiger partial charge in [-0.25, -0.2) is 4.79 Å². The normalized spacial score (nSPS) is 12.5. The number of alkyl carbamates (subject to hydrolysis) is 1. The molecule has 0 saturated heterocycles. The molecule has 2 amide bonds. The maximum absolute atomic E-state index is 12.5. The van der Waals surface area contributed by atoms with E-state index in [1.807, 2.05) is 0 Å². The Kier molecular flexibility index (Phi) is 9.86. The second-order valence-electron chi connectivity index (χ2n) is 6.40. The molecule has 0 spiro atoms. The molecular weight excluding hydrogens is 422 g/mol. The van der Waals surface area contributed by atoms with Gasteiger partial charge in [0.2, 0.25) is 0 Å². The Morgan fingerprint density at radius 2 is 1.74 bits per heavy atom. The van der Waals surface area contributed by atoms with Crippen molar-refractivity contribution < 1.29 is 33.7 Å². The van der Waals surface area contributed by atoms with Crippen molar-refractivity contribution in [3.8, 4) is 5.75 Å². The molecule has 2 N–H and O–H groups in total. The fraction of sp³-hybridized carbons (Fsp3) is 0.318. The Bertz CT molecular complexity index is 858. The Labute approximate surface area is 185 Å². The quantitative estimate of drug-likeness (QED) is 0.379. The number of thiol groups is 1. The van der Waals surface area contributed by atoms with Crippen LogP contribution in [0.15, 0.2) is 54.6 Å². The number of phenolic OH excluding ortho intramolecular Hbond substituents is 1. The number of ether oxygens (including phenoxy) is 3. The lowest BCUT2D eigenvalue weighted by Crippen LogP contribution is -2.36. The summed E-state index contributed by atoms with van der Waals surface area (Å²) in [6.07, 6.45) is -2.30. The first kappa shape index (κ1) is 24.2. The lowest BCUT2D eigenvalue weighted by atomic mass is 10.0. The van der Waals surface area contributed by atoms with Crippen molar-refractivity contribution in [2.24, 2.45) is 0 Å². The van der Waals surface area contributed by atoms with Crippen molar-refractivity contribution in [2.45, 2.75) is 25.6 Å². The van der Waals surface area contributed by atoms with E-state index in [-0.39, 0.29) is 24.5 Å². The summed E-state index contributed by atoms with van der Waals surface area (Å²) >= 11 is 3.86. The van der Waals surface area contributed by atoms with Crippen LogP contribution in [0.1, 0.15) is 35.4 Å². The van der Waals surface area contributed by atoms with E-state index in [1.54, 1.807) is 49.4 Å². The van der Waals surface area contributed by atoms with E-state index >= 15 is 0 Å². The molecule has 0 bridgehead atoms. The molecule has 8 nitrogen and oxygen atoms in total. The highest BCUT2D eigenvalue weighted by molar-refractivity contribution is 7.81. The average molecular weight is 448 g/mol. The maximum atomic E-state index is 12.5. The van der Waals surface area contributed by atoms with Crippen LogP contribution in [-0.2, 0) is 19.0 Å². The summed E-state index contributed by atoms with van der Waals surface area (Å²) in [5, 5.41) is 11.8. The first-order valence-corrected chi connectivity index (χ1v) is 10.3. The molecule has 0 aliphatic heterocycles. The minimum atomic E-state index is -0.955. The van der Waals surface area contributed by atoms with Crippen LogP contribution in [0.5, 0.6) is 5.75 Å². The van der Waals surface area contributed by atoms with Gasteiger partial charge in [0.15, 0.2) is 6.10 Å². The SMILES string of the molecule is CCO[C@@H](CCOC(=O)CS)[C@@H](OC(=O)NC(=O)c1ccccc1)c1ccc(O)cc1. The van der Waals surface area contributed by atoms with E-state index in [1.165, 1.54) is 12.1 Å². The highest BCUT2D eigenvalue weighted by Crippen LogP contribution is 2.27. The molecule has 0 aromatic heterocycles. The molecule has 31 heavy (non-hydrogen) atoms. The van der Waals surface area contributed by atoms with Gasteiger partial charge in [-0.15, -0.1) is 0 Å². The first-order valence-electron chi connectivity index (χ1n) is 9.68. The maximum Gasteiger partial charge on any atom is 0.414 e. The van der Waals surface area contributed by atoms with Crippen LogP contribution in [0.4, 0.5) is 4.79 Å². The number of carbonyl (C=O) groups is 3. The minimum absolute atomic E-state index is 0.0343. The summed E-state index contributed by atoms with van der Waals surface area (Å²) in [6.45, 7) is 2.12. The number of carbonyl (C=O) groups excluding carboxylic acids is 3. The van der Waals surface area contributed by atoms with Crippen LogP contribution in [0.25, 0.3) is 0 Å². The molecule has 2 aromatic rings. The molecule has 2 rings (SSSR count). The van der Waals surface area contributed by atoms with Gasteiger partial charge in [0.05, 0.1) is 12.4 Å². The molecule has 0 heterocycles. The third-order valence-corrected chi connectivity index (χ3v) is 4.48. The number of hydrogen-bond donors (Lipinski definition) is 3. The fourth-order valence-electron chi connectivity index (χ4n) is 2.79. The molecule has 9 heteroatoms. The number of hydrogen-bond acceptors (Lipinski definition) is 8. The largest absolute Gasteiger partial charge is 0.508 e. The predicted octanol–water partition coefficient (Wildman–Crippen LogP) is 3.27. The van der Waals surface area contributed by atoms with Crippen LogP contribution < -0.4 is 5.32 Å². The zero-order valence-corrected chi connectivity index (χ0v) is 17.9. The molecule has 2 atom stereocenters. The van der Waals surface area contributed by atoms with Crippen LogP contribution >= 0.6 is 12.6 Å². The van der Waals surface area contributed by atoms with Gasteiger partial charge in [0.25, 0.3) is 5.91 Å². The Hall–Kier alpha value is -3.04. The van der Waals surface area contributed by atoms with E-state index in [0.29, 0.717) is 17.7 Å². The predicted molar refractivity (Wildman–Crippen MR) is 116 cm³/mol. The van der Waals surface area contributed by atoms with E-state index < -0.39 is 30.2 Å². The van der Waals surface area contributed by atoms with E-state index in [2.05, 4.69) is 17.9 Å². The molecule has 166 valence electrons. The topological polar surface area (TPSA) is 111 Å². The summed E-state index contributed by atoms with van der Waals surface area (Å²) in [5.41, 5.74) is 0.847. The van der Waals surface area contributed by atoms with Gasteiger partial charge in [0.1, 0.15) is 11.9 Å². The minimum Gasteiger partial charge on any atom is -0.508 e. The van der Waals surface area contributed by atoms with Crippen LogP contribution in [0, 0.1) is 0 Å². The zero-order chi connectivity index (χ0) is 22.6. The summed E-state index contributed by atoms with van der Waals surface area (Å²) in [5.74, 6) is -1.10. The molecule has 0 unspecified atom stereocenters. The van der Waals surface area contributed by atoms with Gasteiger partial charge in [0, 0.05) is 18.6 Å². The van der Waals surface area contributed by atoms with Crippen molar-refractivity contribution >= 4 is 30.6 Å². The molecule has 0 saturated carbocycles. The highest BCUT2D eigenvalue weighted by atomic mass is 32.1. The monoisotopic (exact) mass is 447 g/mol. The van der Waals surface area contributed by atoms with Crippen molar-refractivity contribution in [3.05, 3.63) is 65.7 Å². The Morgan fingerprint density at radius 3 is 2.35 bits per heavy atom. The van der Waals surface area contributed by atoms with Crippen LogP contribution in [0.2, 0.25) is 0 Å². The van der Waals surface area contributed by atoms with Crippen molar-refractivity contribution in [2.75, 3.05) is 19.0 Å². The third kappa shape index (κ3) is 7.95. The van der Waals surface area contributed by atoms with E-state index in [4.69, 9.17) is 14.2 Å². The van der Waals surface area contributed by atoms with Crippen LogP contribution in [0.3, 0.4) is 0 Å². The summed E-state index contributed by atoms with van der Waals surface area (Å²) < 4.78 is 16.3. The third-order valence-electron chi connectivity index (χ3n) is 4.22.